The van der Waals surface area contributed by atoms with Crippen molar-refractivity contribution in [3.05, 3.63) is 41.9 Å². The number of thiocarbonyl (C=S) groups is 1. The van der Waals surface area contributed by atoms with E-state index in [1.165, 1.54) is 6.07 Å². The fourth-order valence-corrected chi connectivity index (χ4v) is 6.56. The van der Waals surface area contributed by atoms with Gasteiger partial charge in [-0.2, -0.15) is 18.4 Å². The zero-order valence-electron chi connectivity index (χ0n) is 19.9. The van der Waals surface area contributed by atoms with Crippen LogP contribution in [0.3, 0.4) is 0 Å². The molecule has 4 fully saturated rings. The molecule has 3 atom stereocenters. The van der Waals surface area contributed by atoms with Crippen molar-refractivity contribution in [3.8, 4) is 11.9 Å². The third-order valence-electron chi connectivity index (χ3n) is 8.14. The molecule has 37 heavy (non-hydrogen) atoms. The van der Waals surface area contributed by atoms with Gasteiger partial charge in [0.2, 0.25) is 5.88 Å². The van der Waals surface area contributed by atoms with Crippen molar-refractivity contribution in [1.82, 2.24) is 14.9 Å². The summed E-state index contributed by atoms with van der Waals surface area (Å²) in [4.78, 5) is 26.9. The Morgan fingerprint density at radius 2 is 1.95 bits per heavy atom. The second-order valence-electron chi connectivity index (χ2n) is 10.2. The monoisotopic (exact) mass is 528 g/mol. The number of fused-ring (bicyclic) bond motifs is 2. The molecule has 8 nitrogen and oxygen atoms in total. The van der Waals surface area contributed by atoms with Crippen LogP contribution in [-0.4, -0.2) is 57.2 Å². The van der Waals surface area contributed by atoms with Crippen molar-refractivity contribution in [2.45, 2.75) is 56.0 Å². The Bertz CT molecular complexity index is 1320. The van der Waals surface area contributed by atoms with Gasteiger partial charge in [0.1, 0.15) is 17.7 Å². The predicted octanol–water partition coefficient (Wildman–Crippen LogP) is 3.90. The normalized spacial score (nSPS) is 26.6. The molecule has 4 aliphatic rings. The smallest absolute Gasteiger partial charge is 0.419 e. The Morgan fingerprint density at radius 1 is 1.19 bits per heavy atom. The number of anilines is 2. The lowest BCUT2D eigenvalue weighted by Crippen LogP contribution is -2.55. The SMILES string of the molecule is CN1CC2C[C@H]1C[C@H]2Oc1ccc(N2C(=S)N(c3cnc(C#N)c(C(F)(F)F)c3)C(=O)C23CCC3)cn1. The van der Waals surface area contributed by atoms with Gasteiger partial charge in [-0.15, -0.1) is 0 Å². The van der Waals surface area contributed by atoms with Crippen LogP contribution in [0.5, 0.6) is 5.88 Å². The third kappa shape index (κ3) is 3.67. The van der Waals surface area contributed by atoms with E-state index in [9.17, 15) is 18.0 Å². The number of carbonyl (C=O) groups is 1. The molecular formula is C25H23F3N6O2S. The molecule has 2 aromatic heterocycles. The Labute approximate surface area is 216 Å². The molecule has 1 spiro atoms. The van der Waals surface area contributed by atoms with Crippen molar-refractivity contribution in [2.24, 2.45) is 5.92 Å². The van der Waals surface area contributed by atoms with Gasteiger partial charge in [0.15, 0.2) is 10.8 Å². The molecule has 2 saturated heterocycles. The van der Waals surface area contributed by atoms with Crippen LogP contribution in [0.2, 0.25) is 0 Å². The number of amides is 1. The second kappa shape index (κ2) is 8.36. The van der Waals surface area contributed by atoms with E-state index in [1.54, 1.807) is 23.2 Å². The average molecular weight is 529 g/mol. The number of piperidine rings is 1. The first-order valence-corrected chi connectivity index (χ1v) is 12.5. The summed E-state index contributed by atoms with van der Waals surface area (Å²) >= 11 is 5.64. The standard InChI is InChI=1S/C25H23F3N6O2S/c1-32-13-14-7-16(32)9-20(14)36-21-4-3-15(11-31-21)34-23(37)33(22(35)24(34)5-2-6-24)17-8-18(25(26,27)28)19(10-29)30-12-17/h3-4,8,11-12,14,16,20H,2,5-7,9,13H2,1H3/t14?,16-,20+/m0/s1. The maximum absolute atomic E-state index is 13.6. The molecular weight excluding hydrogens is 505 g/mol. The van der Waals surface area contributed by atoms with Crippen LogP contribution in [0, 0.1) is 17.2 Å². The fourth-order valence-electron chi connectivity index (χ4n) is 6.09. The number of ether oxygens (including phenoxy) is 1. The van der Waals surface area contributed by atoms with Crippen molar-refractivity contribution in [1.29, 1.82) is 5.26 Å². The van der Waals surface area contributed by atoms with E-state index in [4.69, 9.17) is 22.2 Å². The molecule has 12 heteroatoms. The number of nitriles is 1. The van der Waals surface area contributed by atoms with Crippen LogP contribution in [0.15, 0.2) is 30.6 Å². The summed E-state index contributed by atoms with van der Waals surface area (Å²) in [5, 5.41) is 9.12. The summed E-state index contributed by atoms with van der Waals surface area (Å²) in [5.41, 5.74) is -2.50. The minimum absolute atomic E-state index is 0.0518. The molecule has 1 amide bonds. The first-order chi connectivity index (χ1) is 17.6. The van der Waals surface area contributed by atoms with Gasteiger partial charge in [-0.1, -0.05) is 0 Å². The highest BCUT2D eigenvalue weighted by Gasteiger charge is 2.60. The fraction of sp³-hybridized carbons (Fsp3) is 0.480. The molecule has 192 valence electrons. The van der Waals surface area contributed by atoms with Gasteiger partial charge in [0.25, 0.3) is 5.91 Å². The van der Waals surface area contributed by atoms with Crippen LogP contribution in [0.25, 0.3) is 0 Å². The number of halogens is 3. The van der Waals surface area contributed by atoms with Crippen LogP contribution in [0.1, 0.15) is 43.4 Å². The summed E-state index contributed by atoms with van der Waals surface area (Å²) in [6, 6.07) is 6.29. The van der Waals surface area contributed by atoms with Crippen molar-refractivity contribution >= 4 is 34.6 Å². The number of hydrogen-bond acceptors (Lipinski definition) is 7. The van der Waals surface area contributed by atoms with Crippen LogP contribution in [-0.2, 0) is 11.0 Å². The van der Waals surface area contributed by atoms with Gasteiger partial charge in [-0.25, -0.2) is 9.97 Å². The topological polar surface area (TPSA) is 85.6 Å². The van der Waals surface area contributed by atoms with Crippen LogP contribution < -0.4 is 14.5 Å². The highest BCUT2D eigenvalue weighted by Crippen LogP contribution is 2.48. The predicted molar refractivity (Wildman–Crippen MR) is 131 cm³/mol. The molecule has 2 saturated carbocycles. The van der Waals surface area contributed by atoms with E-state index in [0.29, 0.717) is 36.4 Å². The summed E-state index contributed by atoms with van der Waals surface area (Å²) in [5.74, 6) is 0.565. The van der Waals surface area contributed by atoms with Crippen LogP contribution >= 0.6 is 12.2 Å². The lowest BCUT2D eigenvalue weighted by molar-refractivity contribution is -0.138. The highest BCUT2D eigenvalue weighted by molar-refractivity contribution is 7.81. The van der Waals surface area contributed by atoms with Gasteiger partial charge in [-0.05, 0) is 57.1 Å². The molecule has 0 aromatic carbocycles. The van der Waals surface area contributed by atoms with Gasteiger partial charge >= 0.3 is 6.18 Å². The molecule has 2 aliphatic heterocycles. The molecule has 6 rings (SSSR count). The number of nitrogens with zero attached hydrogens (tertiary/aromatic N) is 6. The second-order valence-corrected chi connectivity index (χ2v) is 10.5. The van der Waals surface area contributed by atoms with Crippen molar-refractivity contribution < 1.29 is 22.7 Å². The van der Waals surface area contributed by atoms with Crippen molar-refractivity contribution in [3.63, 3.8) is 0 Å². The number of alkyl halides is 3. The lowest BCUT2D eigenvalue weighted by atomic mass is 9.75. The van der Waals surface area contributed by atoms with Gasteiger partial charge in [-0.3, -0.25) is 9.69 Å². The van der Waals surface area contributed by atoms with E-state index in [2.05, 4.69) is 21.9 Å². The summed E-state index contributed by atoms with van der Waals surface area (Å²) in [6.45, 7) is 1.01. The quantitative estimate of drug-likeness (QED) is 0.553. The molecule has 0 radical (unpaired) electrons. The maximum atomic E-state index is 13.6. The van der Waals surface area contributed by atoms with Crippen molar-refractivity contribution in [2.75, 3.05) is 23.4 Å². The Hall–Kier alpha value is -3.30. The molecule has 2 aliphatic carbocycles. The first kappa shape index (κ1) is 24.1. The Balaban J connectivity index is 1.28. The number of pyridine rings is 2. The average Bonchev–Trinajstić information content (AvgIpc) is 3.47. The number of rotatable bonds is 4. The third-order valence-corrected chi connectivity index (χ3v) is 8.50. The minimum Gasteiger partial charge on any atom is -0.474 e. The van der Waals surface area contributed by atoms with E-state index < -0.39 is 28.9 Å². The molecule has 2 aromatic rings. The molecule has 4 heterocycles. The summed E-state index contributed by atoms with van der Waals surface area (Å²) in [6.07, 6.45) is 1.88. The Morgan fingerprint density at radius 3 is 2.49 bits per heavy atom. The van der Waals surface area contributed by atoms with Gasteiger partial charge < -0.3 is 14.5 Å². The zero-order chi connectivity index (χ0) is 26.1. The maximum Gasteiger partial charge on any atom is 0.419 e. The number of aromatic nitrogens is 2. The molecule has 2 bridgehead atoms. The minimum atomic E-state index is -4.81. The molecule has 1 unspecified atom stereocenters. The zero-order valence-corrected chi connectivity index (χ0v) is 20.7. The summed E-state index contributed by atoms with van der Waals surface area (Å²) in [7, 11) is 2.13. The van der Waals surface area contributed by atoms with Gasteiger partial charge in [0, 0.05) is 31.0 Å². The van der Waals surface area contributed by atoms with E-state index in [-0.39, 0.29) is 16.9 Å². The van der Waals surface area contributed by atoms with E-state index in [0.717, 1.165) is 43.0 Å². The van der Waals surface area contributed by atoms with E-state index >= 15 is 0 Å². The van der Waals surface area contributed by atoms with E-state index in [1.807, 2.05) is 0 Å². The van der Waals surface area contributed by atoms with Gasteiger partial charge in [0.05, 0.1) is 29.3 Å². The molecule has 0 N–H and O–H groups in total. The Kier molecular flexibility index (Phi) is 5.44. The number of carbonyl (C=O) groups excluding carboxylic acids is 1. The lowest BCUT2D eigenvalue weighted by Gasteiger charge is -2.42. The largest absolute Gasteiger partial charge is 0.474 e. The number of likely N-dealkylation sites (tertiary alicyclic amines) is 1. The number of hydrogen-bond donors (Lipinski definition) is 0. The van der Waals surface area contributed by atoms with Crippen LogP contribution in [0.4, 0.5) is 24.5 Å². The highest BCUT2D eigenvalue weighted by atomic mass is 32.1. The summed E-state index contributed by atoms with van der Waals surface area (Å²) < 4.78 is 46.8. The first-order valence-electron chi connectivity index (χ1n) is 12.1.